The van der Waals surface area contributed by atoms with E-state index in [1.54, 1.807) is 52.7 Å². The molecule has 724 valence electrons. The van der Waals surface area contributed by atoms with Crippen LogP contribution in [0.4, 0.5) is 39.5 Å². The summed E-state index contributed by atoms with van der Waals surface area (Å²) in [6, 6.07) is 68.5. The molecular weight excluding hydrogens is 1780 g/mol. The number of aromatic nitrogens is 12. The second-order valence-corrected chi connectivity index (χ2v) is 36.7. The average Bonchev–Trinajstić information content (AvgIpc) is 1.60. The highest BCUT2D eigenvalue weighted by atomic mass is 19.4. The average molecular weight is 1900 g/mol. The maximum Gasteiger partial charge on any atom is 0.406 e. The van der Waals surface area contributed by atoms with Crippen molar-refractivity contribution in [1.82, 2.24) is 56.5 Å². The molecule has 8 aromatic carbocycles. The van der Waals surface area contributed by atoms with Crippen LogP contribution in [-0.4, -0.2) is 108 Å². The van der Waals surface area contributed by atoms with Gasteiger partial charge in [-0.2, -0.15) is 39.5 Å². The van der Waals surface area contributed by atoms with Crippen LogP contribution in [0.5, 0.6) is 0 Å². The maximum absolute atomic E-state index is 13.3. The summed E-state index contributed by atoms with van der Waals surface area (Å²) in [7, 11) is 7.21. The summed E-state index contributed by atoms with van der Waals surface area (Å²) in [4.78, 5) is 70.3. The highest BCUT2D eigenvalue weighted by molar-refractivity contribution is 6.06. The smallest absolute Gasteiger partial charge is 0.393 e. The minimum Gasteiger partial charge on any atom is -0.393 e. The second-order valence-electron chi connectivity index (χ2n) is 36.7. The molecule has 20 rings (SSSR count). The lowest BCUT2D eigenvalue weighted by Crippen LogP contribution is -2.58. The van der Waals surface area contributed by atoms with E-state index in [-0.39, 0.29) is 57.0 Å². The Balaban J connectivity index is 0.000000154. The Morgan fingerprint density at radius 3 is 0.754 bits per heavy atom. The minimum absolute atomic E-state index is 0. The standard InChI is InChI=1S/C26H25F3N4O2.C26H28N4O2.C25H23F3N4O2.C25H23F3N4O.4CH4/c1-24(35)12-25(30,13-24)18-10-8-17(9-11-18)21-19(16-6-4-3-5-7-16)20-22(32(21)2)31-15-33(23(20)34)14-26(27,28)29;1-4-30-16-28-23-21(24(30)31)20(17-8-6-5-7-9-17)22(29(23)3)18-10-12-19(13-11-18)26(27)14-25(2,32)15-26;1-31-21(16-7-9-17(10-8-16)24(29)11-18(33)12-24)19(15-5-3-2-4-6-15)20-22(31)30-14-32(23(20)34)13-25(26,27)28;1-31-21(17-8-10-18(11-9-17)24(29)12-5-13-24)19(16-6-3-2-4-7-16)20-22(31)30-15-32(23(20)33)14-25(26,27)28;;;;/h3-11,15,35H,12-14,30H2,1-2H3;5-13,16,32H,4,14-15,27H2,1-3H3;2-10,14,18,33H,11-13,29H2,1H3;2-4,6-11,15H,5,12-14,29H2,1H3;4*1H4. The van der Waals surface area contributed by atoms with Gasteiger partial charge in [0, 0.05) is 79.1 Å². The van der Waals surface area contributed by atoms with Crippen LogP contribution in [0.2, 0.25) is 0 Å². The van der Waals surface area contributed by atoms with Gasteiger partial charge in [-0.1, -0.05) is 248 Å². The van der Waals surface area contributed by atoms with Gasteiger partial charge in [-0.15, -0.1) is 0 Å². The number of aliphatic hydroxyl groups excluding tert-OH is 1. The molecule has 11 N–H and O–H groups in total. The molecule has 0 amide bonds. The molecule has 138 heavy (non-hydrogen) atoms. The van der Waals surface area contributed by atoms with Crippen LogP contribution < -0.4 is 45.2 Å². The molecule has 23 nitrogen and oxygen atoms in total. The van der Waals surface area contributed by atoms with E-state index in [9.17, 15) is 74.0 Å². The van der Waals surface area contributed by atoms with Crippen LogP contribution in [-0.2, 0) is 76.5 Å². The molecule has 4 aliphatic carbocycles. The second kappa shape index (κ2) is 38.1. The molecule has 0 spiro atoms. The fraction of sp³-hybridized carbons (Fsp3) is 0.321. The molecule has 0 saturated heterocycles. The zero-order valence-electron chi connectivity index (χ0n) is 74.4. The summed E-state index contributed by atoms with van der Waals surface area (Å²) in [6.07, 6.45) is -3.61. The maximum atomic E-state index is 13.3. The third-order valence-electron chi connectivity index (χ3n) is 26.4. The first-order valence-electron chi connectivity index (χ1n) is 43.8. The highest BCUT2D eigenvalue weighted by Gasteiger charge is 2.51. The van der Waals surface area contributed by atoms with Gasteiger partial charge in [0.1, 0.15) is 61.2 Å². The van der Waals surface area contributed by atoms with Crippen molar-refractivity contribution in [1.29, 1.82) is 0 Å². The number of hydrogen-bond acceptors (Lipinski definition) is 15. The third-order valence-corrected chi connectivity index (χ3v) is 26.4. The summed E-state index contributed by atoms with van der Waals surface area (Å²) in [6.45, 7) is 1.88. The summed E-state index contributed by atoms with van der Waals surface area (Å²) >= 11 is 0. The van der Waals surface area contributed by atoms with Crippen LogP contribution in [0.25, 0.3) is 134 Å². The van der Waals surface area contributed by atoms with Gasteiger partial charge in [0.15, 0.2) is 0 Å². The monoisotopic (exact) mass is 1890 g/mol. The molecule has 0 bridgehead atoms. The number of fused-ring (bicyclic) bond motifs is 4. The summed E-state index contributed by atoms with van der Waals surface area (Å²) in [5.74, 6) is 0. The predicted molar refractivity (Wildman–Crippen MR) is 526 cm³/mol. The van der Waals surface area contributed by atoms with Crippen molar-refractivity contribution >= 4 is 44.1 Å². The number of hydrogen-bond donors (Lipinski definition) is 7. The van der Waals surface area contributed by atoms with Gasteiger partial charge in [0.05, 0.1) is 68.0 Å². The zero-order chi connectivity index (χ0) is 95.5. The van der Waals surface area contributed by atoms with E-state index in [4.69, 9.17) is 22.9 Å². The Labute approximate surface area is 791 Å². The fourth-order valence-electron chi connectivity index (χ4n) is 20.1. The highest BCUT2D eigenvalue weighted by Crippen LogP contribution is 2.51. The lowest BCUT2D eigenvalue weighted by Gasteiger charge is -2.49. The van der Waals surface area contributed by atoms with E-state index in [0.717, 1.165) is 111 Å². The van der Waals surface area contributed by atoms with Crippen molar-refractivity contribution in [2.75, 3.05) is 0 Å². The Morgan fingerprint density at radius 2 is 0.551 bits per heavy atom. The number of benzene rings is 8. The molecule has 4 saturated carbocycles. The summed E-state index contributed by atoms with van der Waals surface area (Å²) < 4.78 is 128. The topological polar surface area (TPSA) is 324 Å². The Morgan fingerprint density at radius 1 is 0.333 bits per heavy atom. The predicted octanol–water partition coefficient (Wildman–Crippen LogP) is 19.6. The van der Waals surface area contributed by atoms with Gasteiger partial charge in [-0.05, 0) is 145 Å². The van der Waals surface area contributed by atoms with Crippen LogP contribution in [0, 0.1) is 0 Å². The van der Waals surface area contributed by atoms with E-state index >= 15 is 0 Å². The van der Waals surface area contributed by atoms with Crippen molar-refractivity contribution in [2.24, 2.45) is 51.1 Å². The van der Waals surface area contributed by atoms with Crippen molar-refractivity contribution in [3.05, 3.63) is 307 Å². The number of halogens is 9. The van der Waals surface area contributed by atoms with Crippen molar-refractivity contribution < 1.29 is 54.8 Å². The van der Waals surface area contributed by atoms with Gasteiger partial charge in [0.2, 0.25) is 0 Å². The van der Waals surface area contributed by atoms with E-state index in [2.05, 4.69) is 32.1 Å². The fourth-order valence-corrected chi connectivity index (χ4v) is 20.1. The van der Waals surface area contributed by atoms with Crippen molar-refractivity contribution in [2.45, 2.75) is 192 Å². The molecule has 16 aromatic rings. The summed E-state index contributed by atoms with van der Waals surface area (Å²) in [5.41, 5.74) is 37.6. The summed E-state index contributed by atoms with van der Waals surface area (Å²) in [5, 5.41) is 31.1. The molecule has 0 atom stereocenters. The van der Waals surface area contributed by atoms with Gasteiger partial charge < -0.3 is 56.5 Å². The lowest BCUT2D eigenvalue weighted by molar-refractivity contribution is -0.142. The number of rotatable bonds is 16. The molecule has 0 radical (unpaired) electrons. The first-order chi connectivity index (χ1) is 63.4. The minimum atomic E-state index is -4.55. The normalized spacial score (nSPS) is 19.7. The molecule has 8 aromatic heterocycles. The molecular formula is C106H115F9N16O7. The van der Waals surface area contributed by atoms with E-state index in [1.165, 1.54) is 0 Å². The molecule has 4 aliphatic rings. The van der Waals surface area contributed by atoms with E-state index < -0.39 is 88.8 Å². The van der Waals surface area contributed by atoms with Gasteiger partial charge in [-0.3, -0.25) is 37.4 Å². The number of alkyl halides is 9. The molecule has 0 unspecified atom stereocenters. The first kappa shape index (κ1) is 102. The SMILES string of the molecule is C.C.C.C.CCn1cnc2c(c(-c3ccccc3)c(-c3ccc(C4(N)CC(C)(O)C4)cc3)n2C)c1=O.Cn1c(-c2ccc(C3(N)CC(C)(O)C3)cc2)c(-c2ccccc2)c2c(=O)n(CC(F)(F)F)cnc21.Cn1c(-c2ccc(C3(N)CC(O)C3)cc2)c(-c2ccccc2)c2c(=O)n(CC(F)(F)F)cnc21.Cn1c(-c2ccc(C3(N)CCC3)cc2)c(-c2ccccc2)c2c(=O)n(CC(F)(F)F)cnc21. The van der Waals surface area contributed by atoms with Crippen LogP contribution >= 0.6 is 0 Å². The molecule has 4 fully saturated rings. The molecule has 0 aliphatic heterocycles. The Kier molecular flexibility index (Phi) is 28.2. The lowest BCUT2D eigenvalue weighted by atomic mass is 9.63. The van der Waals surface area contributed by atoms with Crippen LogP contribution in [0.3, 0.4) is 0 Å². The third kappa shape index (κ3) is 19.4. The number of aryl methyl sites for hydroxylation is 5. The molecule has 8 heterocycles. The van der Waals surface area contributed by atoms with Crippen LogP contribution in [0.15, 0.2) is 263 Å². The Bertz CT molecular complexity index is 7380. The first-order valence-corrected chi connectivity index (χ1v) is 43.8. The Hall–Kier alpha value is -13.5. The largest absolute Gasteiger partial charge is 0.406 e. The quantitative estimate of drug-likeness (QED) is 0.0442. The number of nitrogens with two attached hydrogens (primary N) is 4. The molecule has 32 heteroatoms. The van der Waals surface area contributed by atoms with E-state index in [0.29, 0.717) is 126 Å². The number of aliphatic hydroxyl groups is 3. The zero-order valence-corrected chi connectivity index (χ0v) is 74.4. The van der Waals surface area contributed by atoms with Gasteiger partial charge in [-0.25, -0.2) is 19.9 Å². The van der Waals surface area contributed by atoms with Gasteiger partial charge >= 0.3 is 18.5 Å². The van der Waals surface area contributed by atoms with Crippen molar-refractivity contribution in [3.63, 3.8) is 0 Å². The van der Waals surface area contributed by atoms with E-state index in [1.807, 2.05) is 232 Å². The van der Waals surface area contributed by atoms with Crippen molar-refractivity contribution in [3.8, 4) is 89.5 Å². The van der Waals surface area contributed by atoms with Crippen LogP contribution in [0.1, 0.15) is 131 Å². The van der Waals surface area contributed by atoms with Gasteiger partial charge in [0.25, 0.3) is 22.2 Å². The number of nitrogens with zero attached hydrogens (tertiary/aromatic N) is 12.